The van der Waals surface area contributed by atoms with Gasteiger partial charge in [0.15, 0.2) is 0 Å². The zero-order valence-electron chi connectivity index (χ0n) is 18.3. The summed E-state index contributed by atoms with van der Waals surface area (Å²) < 4.78 is 5.13. The molecule has 2 aromatic rings. The van der Waals surface area contributed by atoms with E-state index < -0.39 is 0 Å². The van der Waals surface area contributed by atoms with Crippen LogP contribution in [0.2, 0.25) is 0 Å². The van der Waals surface area contributed by atoms with Gasteiger partial charge in [-0.1, -0.05) is 18.2 Å². The van der Waals surface area contributed by atoms with Crippen molar-refractivity contribution in [3.05, 3.63) is 42.2 Å². The number of amides is 2. The van der Waals surface area contributed by atoms with E-state index in [9.17, 15) is 9.59 Å². The molecule has 0 saturated carbocycles. The number of carbonyl (C=O) groups excluding carboxylic acids is 2. The molecule has 1 aliphatic rings. The number of aromatic nitrogens is 2. The summed E-state index contributed by atoms with van der Waals surface area (Å²) in [5.41, 5.74) is 8.28. The summed E-state index contributed by atoms with van der Waals surface area (Å²) in [5.74, 6) is 0.507. The van der Waals surface area contributed by atoms with Crippen LogP contribution in [0, 0.1) is 0 Å². The molecule has 0 bridgehead atoms. The Balaban J connectivity index is 1.57. The van der Waals surface area contributed by atoms with E-state index in [2.05, 4.69) is 9.97 Å². The van der Waals surface area contributed by atoms with Crippen molar-refractivity contribution in [2.45, 2.75) is 13.0 Å². The highest BCUT2D eigenvalue weighted by molar-refractivity contribution is 5.77. The molecule has 1 saturated heterocycles. The zero-order valence-corrected chi connectivity index (χ0v) is 18.3. The first-order chi connectivity index (χ1) is 15.5. The summed E-state index contributed by atoms with van der Waals surface area (Å²) >= 11 is 0. The van der Waals surface area contributed by atoms with Crippen molar-refractivity contribution in [3.63, 3.8) is 0 Å². The summed E-state index contributed by atoms with van der Waals surface area (Å²) in [6.07, 6.45) is 3.66. The summed E-state index contributed by atoms with van der Waals surface area (Å²) in [7, 11) is 1.73. The van der Waals surface area contributed by atoms with Crippen molar-refractivity contribution in [2.24, 2.45) is 5.73 Å². The van der Waals surface area contributed by atoms with Crippen molar-refractivity contribution < 1.29 is 19.4 Å². The third kappa shape index (κ3) is 6.14. The number of anilines is 1. The Morgan fingerprint density at radius 1 is 1.16 bits per heavy atom. The Morgan fingerprint density at radius 2 is 1.88 bits per heavy atom. The summed E-state index contributed by atoms with van der Waals surface area (Å²) in [5, 5.41) is 8.78. The van der Waals surface area contributed by atoms with Crippen LogP contribution in [-0.2, 0) is 16.1 Å². The lowest BCUT2D eigenvalue weighted by molar-refractivity contribution is -0.128. The van der Waals surface area contributed by atoms with E-state index in [0.717, 1.165) is 16.7 Å². The van der Waals surface area contributed by atoms with E-state index >= 15 is 0 Å². The number of aliphatic hydroxyl groups excluding tert-OH is 1. The van der Waals surface area contributed by atoms with Gasteiger partial charge in [0.05, 0.1) is 13.2 Å². The van der Waals surface area contributed by atoms with E-state index in [1.54, 1.807) is 29.2 Å². The number of aliphatic hydroxyl groups is 1. The molecular weight excluding hydrogens is 412 g/mol. The molecule has 3 N–H and O–H groups in total. The standard InChI is InChI=1S/C22H30N6O4/c1-26(20(30)13-23)16-17-4-2-5-18(12-17)19-14-24-21(25-15-19)27-6-8-28(9-7-27)22(31)32-11-3-10-29/h2,4-5,12,14-15,29H,3,6-11,13,16,23H2,1H3. The van der Waals surface area contributed by atoms with Gasteiger partial charge < -0.3 is 30.3 Å². The number of likely N-dealkylation sites (N-methyl/N-ethyl adjacent to an activating group) is 1. The van der Waals surface area contributed by atoms with Gasteiger partial charge in [0.25, 0.3) is 0 Å². The lowest BCUT2D eigenvalue weighted by Crippen LogP contribution is -2.49. The van der Waals surface area contributed by atoms with E-state index in [-0.39, 0.29) is 31.8 Å². The van der Waals surface area contributed by atoms with Crippen molar-refractivity contribution in [1.82, 2.24) is 19.8 Å². The number of nitrogens with zero attached hydrogens (tertiary/aromatic N) is 5. The van der Waals surface area contributed by atoms with Crippen LogP contribution in [0.5, 0.6) is 0 Å². The van der Waals surface area contributed by atoms with Crippen LogP contribution in [0.1, 0.15) is 12.0 Å². The van der Waals surface area contributed by atoms with Crippen LogP contribution in [0.3, 0.4) is 0 Å². The van der Waals surface area contributed by atoms with Gasteiger partial charge in [-0.2, -0.15) is 0 Å². The van der Waals surface area contributed by atoms with Gasteiger partial charge in [0, 0.05) is 70.8 Å². The van der Waals surface area contributed by atoms with Crippen molar-refractivity contribution in [3.8, 4) is 11.1 Å². The van der Waals surface area contributed by atoms with Gasteiger partial charge >= 0.3 is 6.09 Å². The number of nitrogens with two attached hydrogens (primary N) is 1. The topological polar surface area (TPSA) is 125 Å². The minimum absolute atomic E-state index is 0.00367. The minimum Gasteiger partial charge on any atom is -0.449 e. The van der Waals surface area contributed by atoms with Gasteiger partial charge in [-0.25, -0.2) is 14.8 Å². The fourth-order valence-corrected chi connectivity index (χ4v) is 3.41. The van der Waals surface area contributed by atoms with Crippen LogP contribution in [0.25, 0.3) is 11.1 Å². The lowest BCUT2D eigenvalue weighted by Gasteiger charge is -2.34. The van der Waals surface area contributed by atoms with Crippen molar-refractivity contribution >= 4 is 17.9 Å². The number of piperazine rings is 1. The van der Waals surface area contributed by atoms with Crippen LogP contribution in [0.15, 0.2) is 36.7 Å². The smallest absolute Gasteiger partial charge is 0.409 e. The first-order valence-electron chi connectivity index (χ1n) is 10.6. The first-order valence-corrected chi connectivity index (χ1v) is 10.6. The van der Waals surface area contributed by atoms with Gasteiger partial charge in [-0.15, -0.1) is 0 Å². The molecule has 1 aromatic carbocycles. The zero-order chi connectivity index (χ0) is 22.9. The average Bonchev–Trinajstić information content (AvgIpc) is 2.84. The third-order valence-corrected chi connectivity index (χ3v) is 5.27. The molecule has 0 aliphatic carbocycles. The molecule has 2 amide bonds. The maximum absolute atomic E-state index is 12.0. The summed E-state index contributed by atoms with van der Waals surface area (Å²) in [6, 6.07) is 7.90. The fraction of sp³-hybridized carbons (Fsp3) is 0.455. The van der Waals surface area contributed by atoms with Crippen LogP contribution < -0.4 is 10.6 Å². The highest BCUT2D eigenvalue weighted by Crippen LogP contribution is 2.21. The number of benzene rings is 1. The second kappa shape index (κ2) is 11.4. The molecule has 0 spiro atoms. The fourth-order valence-electron chi connectivity index (χ4n) is 3.41. The van der Waals surface area contributed by atoms with E-state index in [4.69, 9.17) is 15.6 Å². The maximum atomic E-state index is 12.0. The molecule has 32 heavy (non-hydrogen) atoms. The third-order valence-electron chi connectivity index (χ3n) is 5.27. The molecule has 1 aromatic heterocycles. The van der Waals surface area contributed by atoms with Crippen molar-refractivity contribution in [1.29, 1.82) is 0 Å². The van der Waals surface area contributed by atoms with Gasteiger partial charge in [-0.05, 0) is 17.2 Å². The SMILES string of the molecule is CN(Cc1cccc(-c2cnc(N3CCN(C(=O)OCCCO)CC3)nc2)c1)C(=O)CN. The predicted octanol–water partition coefficient (Wildman–Crippen LogP) is 0.702. The molecule has 2 heterocycles. The number of ether oxygens (including phenoxy) is 1. The van der Waals surface area contributed by atoms with Gasteiger partial charge in [0.2, 0.25) is 11.9 Å². The second-order valence-electron chi connectivity index (χ2n) is 7.59. The van der Waals surface area contributed by atoms with Gasteiger partial charge in [0.1, 0.15) is 0 Å². The number of rotatable bonds is 8. The highest BCUT2D eigenvalue weighted by atomic mass is 16.6. The lowest BCUT2D eigenvalue weighted by atomic mass is 10.1. The largest absolute Gasteiger partial charge is 0.449 e. The normalized spacial score (nSPS) is 13.7. The van der Waals surface area contributed by atoms with E-state index in [0.29, 0.717) is 45.1 Å². The molecule has 0 radical (unpaired) electrons. The quantitative estimate of drug-likeness (QED) is 0.573. The van der Waals surface area contributed by atoms with E-state index in [1.165, 1.54) is 0 Å². The maximum Gasteiger partial charge on any atom is 0.409 e. The average molecular weight is 443 g/mol. The van der Waals surface area contributed by atoms with E-state index in [1.807, 2.05) is 29.2 Å². The monoisotopic (exact) mass is 442 g/mol. The second-order valence-corrected chi connectivity index (χ2v) is 7.59. The Labute approximate surface area is 187 Å². The Kier molecular flexibility index (Phi) is 8.34. The number of carbonyl (C=O) groups is 2. The van der Waals surface area contributed by atoms with Crippen LogP contribution in [0.4, 0.5) is 10.7 Å². The molecule has 0 unspecified atom stereocenters. The molecule has 172 valence electrons. The number of hydrogen-bond acceptors (Lipinski definition) is 8. The molecule has 1 aliphatic heterocycles. The molecule has 0 atom stereocenters. The molecule has 3 rings (SSSR count). The molecular formula is C22H30N6O4. The summed E-state index contributed by atoms with van der Waals surface area (Å²) in [6.45, 7) is 2.99. The first kappa shape index (κ1) is 23.4. The van der Waals surface area contributed by atoms with Crippen LogP contribution in [-0.4, -0.2) is 89.9 Å². The molecule has 10 nitrogen and oxygen atoms in total. The van der Waals surface area contributed by atoms with Crippen molar-refractivity contribution in [2.75, 3.05) is 57.9 Å². The number of hydrogen-bond donors (Lipinski definition) is 2. The Bertz CT molecular complexity index is 900. The molecule has 1 fully saturated rings. The minimum atomic E-state index is -0.354. The Morgan fingerprint density at radius 3 is 2.53 bits per heavy atom. The summed E-state index contributed by atoms with van der Waals surface area (Å²) in [4.78, 5) is 38.0. The highest BCUT2D eigenvalue weighted by Gasteiger charge is 2.23. The Hall–Kier alpha value is -3.24. The molecule has 10 heteroatoms. The van der Waals surface area contributed by atoms with Crippen LogP contribution >= 0.6 is 0 Å². The van der Waals surface area contributed by atoms with Gasteiger partial charge in [-0.3, -0.25) is 4.79 Å². The predicted molar refractivity (Wildman–Crippen MR) is 120 cm³/mol.